The highest BCUT2D eigenvalue weighted by molar-refractivity contribution is 5.97. The Labute approximate surface area is 161 Å². The molecule has 28 heavy (non-hydrogen) atoms. The van der Waals surface area contributed by atoms with E-state index >= 15 is 0 Å². The van der Waals surface area contributed by atoms with E-state index in [-0.39, 0.29) is 5.91 Å². The van der Waals surface area contributed by atoms with Gasteiger partial charge in [-0.2, -0.15) is 13.2 Å². The molecule has 0 bridgehead atoms. The third-order valence-corrected chi connectivity index (χ3v) is 4.74. The summed E-state index contributed by atoms with van der Waals surface area (Å²) in [5.74, 6) is 0.803. The first kappa shape index (κ1) is 19.9. The lowest BCUT2D eigenvalue weighted by atomic mass is 10.1. The molecule has 8 heteroatoms. The molecule has 1 aliphatic heterocycles. The number of nitrogens with zero attached hydrogens (tertiary/aromatic N) is 2. The van der Waals surface area contributed by atoms with E-state index in [9.17, 15) is 18.0 Å². The van der Waals surface area contributed by atoms with Gasteiger partial charge in [0, 0.05) is 31.9 Å². The summed E-state index contributed by atoms with van der Waals surface area (Å²) < 4.78 is 49.2. The van der Waals surface area contributed by atoms with Crippen molar-refractivity contribution in [3.05, 3.63) is 53.6 Å². The van der Waals surface area contributed by atoms with Crippen LogP contribution < -0.4 is 14.4 Å². The first-order valence-corrected chi connectivity index (χ1v) is 8.77. The van der Waals surface area contributed by atoms with Crippen LogP contribution in [0.5, 0.6) is 11.5 Å². The van der Waals surface area contributed by atoms with Crippen molar-refractivity contribution in [2.45, 2.75) is 6.18 Å². The Morgan fingerprint density at radius 3 is 2.29 bits per heavy atom. The Balaban J connectivity index is 1.71. The molecule has 0 aliphatic carbocycles. The van der Waals surface area contributed by atoms with Crippen molar-refractivity contribution in [2.75, 3.05) is 45.3 Å². The second-order valence-electron chi connectivity index (χ2n) is 6.39. The minimum Gasteiger partial charge on any atom is -0.497 e. The molecule has 0 aromatic heterocycles. The molecule has 1 saturated heterocycles. The maximum Gasteiger partial charge on any atom is 0.416 e. The molecule has 1 amide bonds. The molecule has 1 aliphatic rings. The van der Waals surface area contributed by atoms with Crippen molar-refractivity contribution in [1.29, 1.82) is 0 Å². The van der Waals surface area contributed by atoms with Gasteiger partial charge in [0.2, 0.25) is 0 Å². The predicted octanol–water partition coefficient (Wildman–Crippen LogP) is 3.69. The smallest absolute Gasteiger partial charge is 0.416 e. The number of halogens is 3. The summed E-state index contributed by atoms with van der Waals surface area (Å²) in [5, 5.41) is 0. The van der Waals surface area contributed by atoms with Gasteiger partial charge in [0.1, 0.15) is 11.5 Å². The Kier molecular flexibility index (Phi) is 5.67. The van der Waals surface area contributed by atoms with Gasteiger partial charge >= 0.3 is 6.18 Å². The molecular formula is C20H21F3N2O3. The Hall–Kier alpha value is -2.90. The zero-order valence-corrected chi connectivity index (χ0v) is 15.6. The molecule has 3 rings (SSSR count). The number of ether oxygens (including phenoxy) is 2. The highest BCUT2D eigenvalue weighted by Crippen LogP contribution is 2.32. The van der Waals surface area contributed by atoms with Crippen LogP contribution in [0.4, 0.5) is 18.9 Å². The Bertz CT molecular complexity index is 847. The zero-order valence-electron chi connectivity index (χ0n) is 15.6. The Morgan fingerprint density at radius 2 is 1.68 bits per heavy atom. The molecule has 2 aromatic carbocycles. The number of rotatable bonds is 4. The predicted molar refractivity (Wildman–Crippen MR) is 99.1 cm³/mol. The summed E-state index contributed by atoms with van der Waals surface area (Å²) in [6.07, 6.45) is -4.38. The molecule has 150 valence electrons. The molecular weight excluding hydrogens is 373 g/mol. The fourth-order valence-electron chi connectivity index (χ4n) is 3.20. The normalized spacial score (nSPS) is 14.8. The third kappa shape index (κ3) is 4.16. The number of anilines is 1. The van der Waals surface area contributed by atoms with E-state index in [4.69, 9.17) is 9.47 Å². The van der Waals surface area contributed by atoms with Gasteiger partial charge in [-0.25, -0.2) is 0 Å². The van der Waals surface area contributed by atoms with Crippen molar-refractivity contribution in [3.8, 4) is 11.5 Å². The lowest BCUT2D eigenvalue weighted by Crippen LogP contribution is -2.48. The van der Waals surface area contributed by atoms with Gasteiger partial charge in [0.05, 0.1) is 25.3 Å². The van der Waals surface area contributed by atoms with Gasteiger partial charge in [-0.15, -0.1) is 0 Å². The van der Waals surface area contributed by atoms with Crippen LogP contribution in [-0.2, 0) is 6.18 Å². The molecule has 0 spiro atoms. The third-order valence-electron chi connectivity index (χ3n) is 4.74. The van der Waals surface area contributed by atoms with Crippen LogP contribution in [0.3, 0.4) is 0 Å². The van der Waals surface area contributed by atoms with Crippen LogP contribution in [0.2, 0.25) is 0 Å². The van der Waals surface area contributed by atoms with Crippen LogP contribution >= 0.6 is 0 Å². The van der Waals surface area contributed by atoms with Gasteiger partial charge in [-0.3, -0.25) is 4.79 Å². The van der Waals surface area contributed by atoms with Crippen LogP contribution in [-0.4, -0.2) is 51.2 Å². The molecule has 0 N–H and O–H groups in total. The summed E-state index contributed by atoms with van der Waals surface area (Å²) in [4.78, 5) is 16.4. The standard InChI is InChI=1S/C20H21F3N2O3/c1-27-16-6-7-18(28-2)17(13-16)19(26)25-10-8-24(9-11-25)15-5-3-4-14(12-15)20(21,22)23/h3-7,12-13H,8-11H2,1-2H3. The number of methoxy groups -OCH3 is 2. The van der Waals surface area contributed by atoms with E-state index in [1.54, 1.807) is 29.2 Å². The molecule has 0 atom stereocenters. The molecule has 1 heterocycles. The monoisotopic (exact) mass is 394 g/mol. The van der Waals surface area contributed by atoms with E-state index in [1.165, 1.54) is 20.3 Å². The number of hydrogen-bond donors (Lipinski definition) is 0. The van der Waals surface area contributed by atoms with E-state index in [1.807, 2.05) is 4.90 Å². The minimum absolute atomic E-state index is 0.195. The lowest BCUT2D eigenvalue weighted by Gasteiger charge is -2.36. The van der Waals surface area contributed by atoms with E-state index in [0.29, 0.717) is 48.9 Å². The quantitative estimate of drug-likeness (QED) is 0.793. The van der Waals surface area contributed by atoms with Crippen LogP contribution in [0, 0.1) is 0 Å². The van der Waals surface area contributed by atoms with Crippen molar-refractivity contribution < 1.29 is 27.4 Å². The van der Waals surface area contributed by atoms with E-state index < -0.39 is 11.7 Å². The second kappa shape index (κ2) is 8.00. The topological polar surface area (TPSA) is 42.0 Å². The number of piperazine rings is 1. The van der Waals surface area contributed by atoms with Gasteiger partial charge < -0.3 is 19.3 Å². The van der Waals surface area contributed by atoms with Crippen molar-refractivity contribution in [1.82, 2.24) is 4.90 Å². The zero-order chi connectivity index (χ0) is 20.3. The molecule has 2 aromatic rings. The number of hydrogen-bond acceptors (Lipinski definition) is 4. The maximum absolute atomic E-state index is 12.9. The van der Waals surface area contributed by atoms with Crippen LogP contribution in [0.25, 0.3) is 0 Å². The van der Waals surface area contributed by atoms with Gasteiger partial charge in [0.15, 0.2) is 0 Å². The van der Waals surface area contributed by atoms with E-state index in [2.05, 4.69) is 0 Å². The minimum atomic E-state index is -4.38. The highest BCUT2D eigenvalue weighted by Gasteiger charge is 2.31. The SMILES string of the molecule is COc1ccc(OC)c(C(=O)N2CCN(c3cccc(C(F)(F)F)c3)CC2)c1. The fraction of sp³-hybridized carbons (Fsp3) is 0.350. The van der Waals surface area contributed by atoms with E-state index in [0.717, 1.165) is 12.1 Å². The van der Waals surface area contributed by atoms with Crippen molar-refractivity contribution in [2.24, 2.45) is 0 Å². The van der Waals surface area contributed by atoms with Crippen molar-refractivity contribution >= 4 is 11.6 Å². The Morgan fingerprint density at radius 1 is 0.964 bits per heavy atom. The highest BCUT2D eigenvalue weighted by atomic mass is 19.4. The second-order valence-corrected chi connectivity index (χ2v) is 6.39. The van der Waals surface area contributed by atoms with Gasteiger partial charge in [0.25, 0.3) is 5.91 Å². The number of carbonyl (C=O) groups is 1. The maximum atomic E-state index is 12.9. The average molecular weight is 394 g/mol. The first-order chi connectivity index (χ1) is 13.3. The summed E-state index contributed by atoms with van der Waals surface area (Å²) in [5.41, 5.74) is 0.222. The molecule has 0 unspecified atom stereocenters. The number of carbonyl (C=O) groups excluding carboxylic acids is 1. The van der Waals surface area contributed by atoms with Crippen LogP contribution in [0.1, 0.15) is 15.9 Å². The molecule has 5 nitrogen and oxygen atoms in total. The molecule has 0 radical (unpaired) electrons. The van der Waals surface area contributed by atoms with Gasteiger partial charge in [-0.1, -0.05) is 6.07 Å². The number of amides is 1. The summed E-state index contributed by atoms with van der Waals surface area (Å²) in [7, 11) is 3.01. The van der Waals surface area contributed by atoms with Crippen molar-refractivity contribution in [3.63, 3.8) is 0 Å². The van der Waals surface area contributed by atoms with Crippen LogP contribution in [0.15, 0.2) is 42.5 Å². The summed E-state index contributed by atoms with van der Waals surface area (Å²) >= 11 is 0. The molecule has 0 saturated carbocycles. The molecule has 1 fully saturated rings. The number of benzene rings is 2. The largest absolute Gasteiger partial charge is 0.497 e. The lowest BCUT2D eigenvalue weighted by molar-refractivity contribution is -0.137. The van der Waals surface area contributed by atoms with Gasteiger partial charge in [-0.05, 0) is 36.4 Å². The summed E-state index contributed by atoms with van der Waals surface area (Å²) in [6, 6.07) is 10.3. The first-order valence-electron chi connectivity index (χ1n) is 8.77. The average Bonchev–Trinajstić information content (AvgIpc) is 2.72. The number of alkyl halides is 3. The summed E-state index contributed by atoms with van der Waals surface area (Å²) in [6.45, 7) is 1.68. The fourth-order valence-corrected chi connectivity index (χ4v) is 3.20.